The zero-order chi connectivity index (χ0) is 11.1. The third kappa shape index (κ3) is 1.57. The minimum Gasteiger partial charge on any atom is -0.497 e. The summed E-state index contributed by atoms with van der Waals surface area (Å²) < 4.78 is 5.02. The van der Waals surface area contributed by atoms with E-state index in [-0.39, 0.29) is 5.92 Å². The first-order valence-electron chi connectivity index (χ1n) is 4.74. The molecule has 3 N–H and O–H groups in total. The number of ether oxygens (including phenoxy) is 1. The van der Waals surface area contributed by atoms with Gasteiger partial charge in [0, 0.05) is 5.92 Å². The fraction of sp³-hybridized carbons (Fsp3) is 0.364. The van der Waals surface area contributed by atoms with E-state index in [4.69, 9.17) is 15.6 Å². The standard InChI is InChI=1S/C11H13NO3/c1-15-8-4-2-7(3-5-8)9-6-11(9,12)10(13)14/h2-5,9H,6,12H2,1H3,(H,13,14)/t9-,11-/m1/s1. The Kier molecular flexibility index (Phi) is 2.16. The number of carbonyl (C=O) groups is 1. The van der Waals surface area contributed by atoms with Gasteiger partial charge < -0.3 is 15.6 Å². The van der Waals surface area contributed by atoms with Gasteiger partial charge in [0.1, 0.15) is 11.3 Å². The maximum Gasteiger partial charge on any atom is 0.324 e. The van der Waals surface area contributed by atoms with Crippen LogP contribution in [0.15, 0.2) is 24.3 Å². The second-order valence-electron chi connectivity index (χ2n) is 3.88. The molecule has 0 bridgehead atoms. The Bertz CT molecular complexity index is 387. The Morgan fingerprint density at radius 1 is 1.53 bits per heavy atom. The van der Waals surface area contributed by atoms with E-state index in [2.05, 4.69) is 0 Å². The molecule has 1 fully saturated rings. The molecule has 0 radical (unpaired) electrons. The first kappa shape index (κ1) is 9.98. The summed E-state index contributed by atoms with van der Waals surface area (Å²) in [6, 6.07) is 7.36. The molecule has 0 saturated heterocycles. The van der Waals surface area contributed by atoms with Gasteiger partial charge in [0.05, 0.1) is 7.11 Å². The van der Waals surface area contributed by atoms with Gasteiger partial charge in [-0.2, -0.15) is 0 Å². The molecule has 2 atom stereocenters. The van der Waals surface area contributed by atoms with Crippen LogP contribution in [0.25, 0.3) is 0 Å². The van der Waals surface area contributed by atoms with Crippen LogP contribution in [0.4, 0.5) is 0 Å². The van der Waals surface area contributed by atoms with Crippen molar-refractivity contribution in [1.29, 1.82) is 0 Å². The number of hydrogen-bond donors (Lipinski definition) is 2. The van der Waals surface area contributed by atoms with Crippen molar-refractivity contribution in [3.8, 4) is 5.75 Å². The van der Waals surface area contributed by atoms with Gasteiger partial charge in [0.2, 0.25) is 0 Å². The van der Waals surface area contributed by atoms with Gasteiger partial charge in [-0.1, -0.05) is 12.1 Å². The number of carboxylic acid groups (broad SMARTS) is 1. The van der Waals surface area contributed by atoms with E-state index < -0.39 is 11.5 Å². The first-order valence-corrected chi connectivity index (χ1v) is 4.74. The molecule has 1 aromatic rings. The Labute approximate surface area is 87.7 Å². The molecule has 1 aliphatic carbocycles. The van der Waals surface area contributed by atoms with Gasteiger partial charge in [-0.15, -0.1) is 0 Å². The highest BCUT2D eigenvalue weighted by molar-refractivity contribution is 5.84. The van der Waals surface area contributed by atoms with Crippen molar-refractivity contribution in [3.63, 3.8) is 0 Å². The average molecular weight is 207 g/mol. The molecular formula is C11H13NO3. The van der Waals surface area contributed by atoms with Crippen LogP contribution in [0.2, 0.25) is 0 Å². The molecule has 4 heteroatoms. The largest absolute Gasteiger partial charge is 0.497 e. The van der Waals surface area contributed by atoms with E-state index in [9.17, 15) is 4.79 Å². The molecule has 0 heterocycles. The number of benzene rings is 1. The van der Waals surface area contributed by atoms with Crippen LogP contribution in [0, 0.1) is 0 Å². The molecule has 80 valence electrons. The summed E-state index contributed by atoms with van der Waals surface area (Å²) in [6.07, 6.45) is 0.509. The summed E-state index contributed by atoms with van der Waals surface area (Å²) in [4.78, 5) is 10.8. The number of hydrogen-bond acceptors (Lipinski definition) is 3. The van der Waals surface area contributed by atoms with Crippen LogP contribution in [-0.2, 0) is 4.79 Å². The van der Waals surface area contributed by atoms with Gasteiger partial charge in [0.15, 0.2) is 0 Å². The lowest BCUT2D eigenvalue weighted by atomic mass is 10.1. The third-order valence-corrected chi connectivity index (χ3v) is 2.92. The molecule has 1 aliphatic rings. The maximum absolute atomic E-state index is 10.8. The fourth-order valence-corrected chi connectivity index (χ4v) is 1.77. The minimum absolute atomic E-state index is 0.0686. The monoisotopic (exact) mass is 207 g/mol. The van der Waals surface area contributed by atoms with E-state index >= 15 is 0 Å². The van der Waals surface area contributed by atoms with E-state index in [1.165, 1.54) is 0 Å². The molecule has 0 unspecified atom stereocenters. The molecule has 1 aromatic carbocycles. The molecule has 15 heavy (non-hydrogen) atoms. The second-order valence-corrected chi connectivity index (χ2v) is 3.88. The van der Waals surface area contributed by atoms with Gasteiger partial charge in [0.25, 0.3) is 0 Å². The van der Waals surface area contributed by atoms with Crippen molar-refractivity contribution < 1.29 is 14.6 Å². The summed E-state index contributed by atoms with van der Waals surface area (Å²) in [7, 11) is 1.59. The van der Waals surface area contributed by atoms with Crippen molar-refractivity contribution in [2.75, 3.05) is 7.11 Å². The smallest absolute Gasteiger partial charge is 0.324 e. The predicted octanol–water partition coefficient (Wildman–Crippen LogP) is 0.965. The maximum atomic E-state index is 10.8. The number of methoxy groups -OCH3 is 1. The van der Waals surface area contributed by atoms with Gasteiger partial charge in [-0.25, -0.2) is 0 Å². The molecule has 1 saturated carbocycles. The fourth-order valence-electron chi connectivity index (χ4n) is 1.77. The second kappa shape index (κ2) is 3.24. The Hall–Kier alpha value is -1.55. The highest BCUT2D eigenvalue weighted by Gasteiger charge is 2.58. The van der Waals surface area contributed by atoms with Crippen molar-refractivity contribution in [2.45, 2.75) is 17.9 Å². The molecule has 0 aromatic heterocycles. The van der Waals surface area contributed by atoms with Crippen LogP contribution in [0.3, 0.4) is 0 Å². The quantitative estimate of drug-likeness (QED) is 0.774. The van der Waals surface area contributed by atoms with Crippen molar-refractivity contribution in [1.82, 2.24) is 0 Å². The molecule has 0 aliphatic heterocycles. The summed E-state index contributed by atoms with van der Waals surface area (Å²) >= 11 is 0. The normalized spacial score (nSPS) is 28.5. The van der Waals surface area contributed by atoms with Gasteiger partial charge >= 0.3 is 5.97 Å². The molecular weight excluding hydrogens is 194 g/mol. The summed E-state index contributed by atoms with van der Waals surface area (Å²) in [5.74, 6) is -0.235. The van der Waals surface area contributed by atoms with Crippen LogP contribution in [-0.4, -0.2) is 23.7 Å². The first-order chi connectivity index (χ1) is 7.08. The van der Waals surface area contributed by atoms with Crippen LogP contribution < -0.4 is 10.5 Å². The zero-order valence-electron chi connectivity index (χ0n) is 8.43. The lowest BCUT2D eigenvalue weighted by Gasteiger charge is -2.06. The third-order valence-electron chi connectivity index (χ3n) is 2.92. The zero-order valence-corrected chi connectivity index (χ0v) is 8.43. The van der Waals surface area contributed by atoms with E-state index in [1.807, 2.05) is 24.3 Å². The van der Waals surface area contributed by atoms with E-state index in [0.717, 1.165) is 11.3 Å². The Balaban J connectivity index is 2.16. The summed E-state index contributed by atoms with van der Waals surface area (Å²) in [5, 5.41) is 8.90. The van der Waals surface area contributed by atoms with Crippen molar-refractivity contribution in [2.24, 2.45) is 5.73 Å². The van der Waals surface area contributed by atoms with Crippen LogP contribution in [0.5, 0.6) is 5.75 Å². The lowest BCUT2D eigenvalue weighted by molar-refractivity contribution is -0.139. The SMILES string of the molecule is COc1ccc([C@H]2C[C@]2(N)C(=O)O)cc1. The molecule has 0 spiro atoms. The topological polar surface area (TPSA) is 72.5 Å². The summed E-state index contributed by atoms with van der Waals surface area (Å²) in [6.45, 7) is 0. The summed E-state index contributed by atoms with van der Waals surface area (Å²) in [5.41, 5.74) is 5.60. The Morgan fingerprint density at radius 2 is 2.13 bits per heavy atom. The number of carboxylic acids is 1. The lowest BCUT2D eigenvalue weighted by Crippen LogP contribution is -2.34. The van der Waals surface area contributed by atoms with E-state index in [1.54, 1.807) is 7.11 Å². The molecule has 0 amide bonds. The number of nitrogens with two attached hydrogens (primary N) is 1. The minimum atomic E-state index is -1.06. The molecule has 2 rings (SSSR count). The average Bonchev–Trinajstić information content (AvgIpc) is 2.93. The molecule has 4 nitrogen and oxygen atoms in total. The number of aliphatic carboxylic acids is 1. The highest BCUT2D eigenvalue weighted by Crippen LogP contribution is 2.49. The van der Waals surface area contributed by atoms with Crippen molar-refractivity contribution >= 4 is 5.97 Å². The van der Waals surface area contributed by atoms with E-state index in [0.29, 0.717) is 6.42 Å². The van der Waals surface area contributed by atoms with Gasteiger partial charge in [-0.05, 0) is 24.1 Å². The van der Waals surface area contributed by atoms with Crippen LogP contribution in [0.1, 0.15) is 17.9 Å². The highest BCUT2D eigenvalue weighted by atomic mass is 16.5. The van der Waals surface area contributed by atoms with Crippen molar-refractivity contribution in [3.05, 3.63) is 29.8 Å². The van der Waals surface area contributed by atoms with Crippen LogP contribution >= 0.6 is 0 Å². The predicted molar refractivity (Wildman–Crippen MR) is 54.9 cm³/mol. The Morgan fingerprint density at radius 3 is 2.53 bits per heavy atom. The number of rotatable bonds is 3. The van der Waals surface area contributed by atoms with Gasteiger partial charge in [-0.3, -0.25) is 4.79 Å².